The molecule has 0 spiro atoms. The first-order chi connectivity index (χ1) is 11.9. The Morgan fingerprint density at radius 2 is 1.88 bits per heavy atom. The van der Waals surface area contributed by atoms with E-state index in [0.717, 1.165) is 9.99 Å². The van der Waals surface area contributed by atoms with E-state index in [-0.39, 0.29) is 11.5 Å². The molecule has 0 saturated carbocycles. The van der Waals surface area contributed by atoms with Gasteiger partial charge in [0.05, 0.1) is 10.9 Å². The number of hydrogen-bond acceptors (Lipinski definition) is 2. The van der Waals surface area contributed by atoms with Gasteiger partial charge in [-0.2, -0.15) is 0 Å². The molecule has 3 aromatic rings. The number of nitrogens with one attached hydrogen (secondary N) is 1. The molecule has 1 amide bonds. The van der Waals surface area contributed by atoms with Crippen molar-refractivity contribution >= 4 is 38.4 Å². The molecule has 0 atom stereocenters. The average Bonchev–Trinajstić information content (AvgIpc) is 2.90. The highest BCUT2D eigenvalue weighted by atomic mass is 79.9. The maximum absolute atomic E-state index is 12.7. The predicted octanol–water partition coefficient (Wildman–Crippen LogP) is 4.01. The van der Waals surface area contributed by atoms with Crippen LogP contribution >= 0.6 is 15.9 Å². The molecule has 25 heavy (non-hydrogen) atoms. The van der Waals surface area contributed by atoms with Crippen LogP contribution < -0.4 is 10.9 Å². The second kappa shape index (κ2) is 6.88. The van der Waals surface area contributed by atoms with E-state index in [0.29, 0.717) is 29.2 Å². The SMILES string of the molecule is CC(C)Cn1ccc2c(cc(C(=O)Nc3ccc(Br)cc3)n2C)c1=O. The number of benzene rings is 1. The van der Waals surface area contributed by atoms with Crippen LogP contribution in [0.1, 0.15) is 24.3 Å². The van der Waals surface area contributed by atoms with Gasteiger partial charge in [-0.05, 0) is 42.3 Å². The summed E-state index contributed by atoms with van der Waals surface area (Å²) in [6, 6.07) is 10.9. The number of fused-ring (bicyclic) bond motifs is 1. The lowest BCUT2D eigenvalue weighted by Crippen LogP contribution is -2.21. The van der Waals surface area contributed by atoms with Crippen molar-refractivity contribution in [3.05, 3.63) is 63.1 Å². The molecule has 0 saturated heterocycles. The Bertz CT molecular complexity index is 984. The monoisotopic (exact) mass is 401 g/mol. The van der Waals surface area contributed by atoms with Crippen LogP contribution in [0.2, 0.25) is 0 Å². The molecular weight excluding hydrogens is 382 g/mol. The van der Waals surface area contributed by atoms with E-state index in [9.17, 15) is 9.59 Å². The molecule has 0 bridgehead atoms. The maximum atomic E-state index is 12.7. The van der Waals surface area contributed by atoms with Gasteiger partial charge in [-0.25, -0.2) is 0 Å². The van der Waals surface area contributed by atoms with Crippen molar-refractivity contribution in [3.8, 4) is 0 Å². The second-order valence-electron chi connectivity index (χ2n) is 6.52. The highest BCUT2D eigenvalue weighted by Crippen LogP contribution is 2.19. The Hall–Kier alpha value is -2.34. The summed E-state index contributed by atoms with van der Waals surface area (Å²) in [5.41, 5.74) is 1.85. The molecule has 3 rings (SSSR count). The van der Waals surface area contributed by atoms with Gasteiger partial charge in [0.25, 0.3) is 11.5 Å². The first kappa shape index (κ1) is 17.5. The van der Waals surface area contributed by atoms with Gasteiger partial charge in [0.15, 0.2) is 0 Å². The zero-order valence-electron chi connectivity index (χ0n) is 14.4. The number of nitrogens with zero attached hydrogens (tertiary/aromatic N) is 2. The number of carbonyl (C=O) groups is 1. The summed E-state index contributed by atoms with van der Waals surface area (Å²) in [6.07, 6.45) is 1.79. The molecule has 2 heterocycles. The minimum atomic E-state index is -0.240. The van der Waals surface area contributed by atoms with Crippen LogP contribution in [0.15, 0.2) is 51.9 Å². The third-order valence-electron chi connectivity index (χ3n) is 4.08. The van der Waals surface area contributed by atoms with E-state index in [1.54, 1.807) is 28.4 Å². The highest BCUT2D eigenvalue weighted by molar-refractivity contribution is 9.10. The van der Waals surface area contributed by atoms with E-state index in [1.165, 1.54) is 0 Å². The minimum Gasteiger partial charge on any atom is -0.339 e. The van der Waals surface area contributed by atoms with Crippen molar-refractivity contribution in [2.75, 3.05) is 5.32 Å². The van der Waals surface area contributed by atoms with E-state index in [4.69, 9.17) is 0 Å². The molecule has 1 aromatic carbocycles. The zero-order valence-corrected chi connectivity index (χ0v) is 16.0. The lowest BCUT2D eigenvalue weighted by Gasteiger charge is -2.09. The summed E-state index contributed by atoms with van der Waals surface area (Å²) in [6.45, 7) is 4.79. The van der Waals surface area contributed by atoms with Crippen LogP contribution in [0.4, 0.5) is 5.69 Å². The van der Waals surface area contributed by atoms with Gasteiger partial charge in [0.2, 0.25) is 0 Å². The summed E-state index contributed by atoms with van der Waals surface area (Å²) >= 11 is 3.37. The van der Waals surface area contributed by atoms with Crippen LogP contribution in [0, 0.1) is 5.92 Å². The third-order valence-corrected chi connectivity index (χ3v) is 4.61. The number of carbonyl (C=O) groups excluding carboxylic acids is 1. The van der Waals surface area contributed by atoms with Crippen LogP contribution in [0.25, 0.3) is 10.9 Å². The molecule has 0 unspecified atom stereocenters. The van der Waals surface area contributed by atoms with Crippen LogP contribution in [-0.2, 0) is 13.6 Å². The van der Waals surface area contributed by atoms with Gasteiger partial charge in [-0.15, -0.1) is 0 Å². The first-order valence-corrected chi connectivity index (χ1v) is 8.92. The van der Waals surface area contributed by atoms with Crippen molar-refractivity contribution < 1.29 is 4.79 Å². The Balaban J connectivity index is 1.97. The lowest BCUT2D eigenvalue weighted by atomic mass is 10.2. The zero-order chi connectivity index (χ0) is 18.1. The molecule has 0 aliphatic carbocycles. The van der Waals surface area contributed by atoms with Crippen molar-refractivity contribution in [3.63, 3.8) is 0 Å². The van der Waals surface area contributed by atoms with E-state index >= 15 is 0 Å². The molecule has 5 nitrogen and oxygen atoms in total. The Morgan fingerprint density at radius 3 is 2.52 bits per heavy atom. The smallest absolute Gasteiger partial charge is 0.272 e. The molecule has 0 aliphatic rings. The fourth-order valence-corrected chi connectivity index (χ4v) is 3.12. The van der Waals surface area contributed by atoms with Gasteiger partial charge in [-0.1, -0.05) is 29.8 Å². The van der Waals surface area contributed by atoms with Crippen molar-refractivity contribution in [1.29, 1.82) is 0 Å². The lowest BCUT2D eigenvalue weighted by molar-refractivity contribution is 0.102. The molecule has 6 heteroatoms. The number of anilines is 1. The van der Waals surface area contributed by atoms with Crippen LogP contribution in [0.5, 0.6) is 0 Å². The summed E-state index contributed by atoms with van der Waals surface area (Å²) in [5.74, 6) is 0.134. The summed E-state index contributed by atoms with van der Waals surface area (Å²) < 4.78 is 4.40. The number of aryl methyl sites for hydroxylation is 1. The molecule has 1 N–H and O–H groups in total. The van der Waals surface area contributed by atoms with Gasteiger partial charge in [0.1, 0.15) is 5.69 Å². The fraction of sp³-hybridized carbons (Fsp3) is 0.263. The molecule has 0 aliphatic heterocycles. The van der Waals surface area contributed by atoms with Gasteiger partial charge in [0, 0.05) is 29.9 Å². The van der Waals surface area contributed by atoms with Crippen molar-refractivity contribution in [1.82, 2.24) is 9.13 Å². The summed E-state index contributed by atoms with van der Waals surface area (Å²) in [7, 11) is 1.80. The molecule has 0 radical (unpaired) electrons. The van der Waals surface area contributed by atoms with E-state index in [2.05, 4.69) is 35.1 Å². The molecule has 0 fully saturated rings. The number of rotatable bonds is 4. The number of pyridine rings is 1. The number of hydrogen-bond donors (Lipinski definition) is 1. The number of aromatic nitrogens is 2. The highest BCUT2D eigenvalue weighted by Gasteiger charge is 2.16. The van der Waals surface area contributed by atoms with E-state index < -0.39 is 0 Å². The fourth-order valence-electron chi connectivity index (χ4n) is 2.86. The second-order valence-corrected chi connectivity index (χ2v) is 7.43. The topological polar surface area (TPSA) is 56.0 Å². The number of amides is 1. The first-order valence-electron chi connectivity index (χ1n) is 8.12. The average molecular weight is 402 g/mol. The standard InChI is InChI=1S/C19H20BrN3O2/c1-12(2)11-23-9-8-16-15(19(23)25)10-17(22(16)3)18(24)21-14-6-4-13(20)5-7-14/h4-10,12H,11H2,1-3H3,(H,21,24). The largest absolute Gasteiger partial charge is 0.339 e. The van der Waals surface area contributed by atoms with Crippen LogP contribution in [0.3, 0.4) is 0 Å². The quantitative estimate of drug-likeness (QED) is 0.717. The third kappa shape index (κ3) is 3.54. The molecule has 130 valence electrons. The molecular formula is C19H20BrN3O2. The van der Waals surface area contributed by atoms with Crippen LogP contribution in [-0.4, -0.2) is 15.0 Å². The van der Waals surface area contributed by atoms with Gasteiger partial charge in [-0.3, -0.25) is 9.59 Å². The predicted molar refractivity (Wildman–Crippen MR) is 104 cm³/mol. The van der Waals surface area contributed by atoms with Gasteiger partial charge >= 0.3 is 0 Å². The summed E-state index contributed by atoms with van der Waals surface area (Å²) in [4.78, 5) is 25.3. The number of halogens is 1. The minimum absolute atomic E-state index is 0.0653. The van der Waals surface area contributed by atoms with Crippen molar-refractivity contribution in [2.45, 2.75) is 20.4 Å². The molecule has 2 aromatic heterocycles. The normalized spacial score (nSPS) is 11.2. The Kier molecular flexibility index (Phi) is 4.81. The van der Waals surface area contributed by atoms with Crippen molar-refractivity contribution in [2.24, 2.45) is 13.0 Å². The Labute approximate surface area is 154 Å². The Morgan fingerprint density at radius 1 is 1.20 bits per heavy atom. The van der Waals surface area contributed by atoms with E-state index in [1.807, 2.05) is 30.3 Å². The van der Waals surface area contributed by atoms with Gasteiger partial charge < -0.3 is 14.5 Å². The maximum Gasteiger partial charge on any atom is 0.272 e. The summed E-state index contributed by atoms with van der Waals surface area (Å²) in [5, 5.41) is 3.43.